The van der Waals surface area contributed by atoms with Crippen LogP contribution in [0.2, 0.25) is 0 Å². The van der Waals surface area contributed by atoms with Crippen molar-refractivity contribution in [3.63, 3.8) is 0 Å². The van der Waals surface area contributed by atoms with Crippen LogP contribution in [0.3, 0.4) is 0 Å². The molecule has 1 aromatic carbocycles. The van der Waals surface area contributed by atoms with Gasteiger partial charge in [0.15, 0.2) is 0 Å². The fraction of sp³-hybridized carbons (Fsp3) is 0.429. The van der Waals surface area contributed by atoms with E-state index in [0.29, 0.717) is 6.04 Å². The average Bonchev–Trinajstić information content (AvgIpc) is 2.76. The molecule has 0 spiro atoms. The summed E-state index contributed by atoms with van der Waals surface area (Å²) in [6, 6.07) is 6.77. The van der Waals surface area contributed by atoms with Crippen LogP contribution in [-0.2, 0) is 6.42 Å². The van der Waals surface area contributed by atoms with Crippen molar-refractivity contribution < 1.29 is 4.74 Å². The fourth-order valence-electron chi connectivity index (χ4n) is 1.89. The Bertz CT molecular complexity index is 428. The van der Waals surface area contributed by atoms with Gasteiger partial charge in [0.05, 0.1) is 13.2 Å². The standard InChI is InChI=1S/C14H17NO/c1-3-4-8-15-11(2)12-5-6-14-13(10-12)7-9-16-14/h5-6,10-11,15H,7-9H2,1-2H3. The largest absolute Gasteiger partial charge is 0.493 e. The molecule has 1 N–H and O–H groups in total. The van der Waals surface area contributed by atoms with Gasteiger partial charge < -0.3 is 4.74 Å². The lowest BCUT2D eigenvalue weighted by molar-refractivity contribution is 0.357. The van der Waals surface area contributed by atoms with Gasteiger partial charge in [-0.2, -0.15) is 0 Å². The van der Waals surface area contributed by atoms with Crippen LogP contribution in [-0.4, -0.2) is 13.2 Å². The minimum Gasteiger partial charge on any atom is -0.493 e. The first-order valence-electron chi connectivity index (χ1n) is 5.70. The zero-order valence-corrected chi connectivity index (χ0v) is 9.84. The molecule has 84 valence electrons. The molecule has 1 atom stereocenters. The van der Waals surface area contributed by atoms with Gasteiger partial charge in [-0.15, -0.1) is 5.92 Å². The summed E-state index contributed by atoms with van der Waals surface area (Å²) in [5.74, 6) is 6.94. The summed E-state index contributed by atoms with van der Waals surface area (Å²) in [4.78, 5) is 0. The quantitative estimate of drug-likeness (QED) is 0.781. The monoisotopic (exact) mass is 215 g/mol. The molecule has 0 saturated carbocycles. The third kappa shape index (κ3) is 2.37. The fourth-order valence-corrected chi connectivity index (χ4v) is 1.89. The first-order chi connectivity index (χ1) is 7.81. The highest BCUT2D eigenvalue weighted by molar-refractivity contribution is 5.40. The van der Waals surface area contributed by atoms with Gasteiger partial charge in [0.25, 0.3) is 0 Å². The number of ether oxygens (including phenoxy) is 1. The number of hydrogen-bond acceptors (Lipinski definition) is 2. The van der Waals surface area contributed by atoms with E-state index in [2.05, 4.69) is 42.3 Å². The number of nitrogens with one attached hydrogen (secondary N) is 1. The maximum atomic E-state index is 5.49. The second kappa shape index (κ2) is 5.05. The molecule has 16 heavy (non-hydrogen) atoms. The molecule has 1 aliphatic heterocycles. The van der Waals surface area contributed by atoms with Gasteiger partial charge in [-0.05, 0) is 31.0 Å². The van der Waals surface area contributed by atoms with E-state index in [0.717, 1.165) is 25.3 Å². The van der Waals surface area contributed by atoms with Gasteiger partial charge in [-0.1, -0.05) is 18.1 Å². The Balaban J connectivity index is 2.05. The summed E-state index contributed by atoms with van der Waals surface area (Å²) < 4.78 is 5.49. The van der Waals surface area contributed by atoms with Crippen molar-refractivity contribution in [2.75, 3.05) is 13.2 Å². The third-order valence-corrected chi connectivity index (χ3v) is 2.89. The van der Waals surface area contributed by atoms with Crippen molar-refractivity contribution in [3.05, 3.63) is 29.3 Å². The van der Waals surface area contributed by atoms with Crippen molar-refractivity contribution in [1.29, 1.82) is 0 Å². The molecule has 1 unspecified atom stereocenters. The Hall–Kier alpha value is -1.46. The molecule has 0 aliphatic carbocycles. The summed E-state index contributed by atoms with van der Waals surface area (Å²) in [5.41, 5.74) is 2.63. The minimum absolute atomic E-state index is 0.340. The molecular formula is C14H17NO. The Morgan fingerprint density at radius 3 is 3.19 bits per heavy atom. The lowest BCUT2D eigenvalue weighted by atomic mass is 10.0. The van der Waals surface area contributed by atoms with Crippen LogP contribution in [0.25, 0.3) is 0 Å². The van der Waals surface area contributed by atoms with Gasteiger partial charge in [0, 0.05) is 12.5 Å². The normalized spacial score (nSPS) is 14.6. The molecule has 0 bridgehead atoms. The Morgan fingerprint density at radius 1 is 1.50 bits per heavy atom. The molecule has 1 aromatic rings. The van der Waals surface area contributed by atoms with Crippen molar-refractivity contribution in [1.82, 2.24) is 5.32 Å². The van der Waals surface area contributed by atoms with Crippen LogP contribution >= 0.6 is 0 Å². The lowest BCUT2D eigenvalue weighted by Gasteiger charge is -2.13. The summed E-state index contributed by atoms with van der Waals surface area (Å²) in [5, 5.41) is 3.38. The van der Waals surface area contributed by atoms with Crippen LogP contribution < -0.4 is 10.1 Å². The summed E-state index contributed by atoms with van der Waals surface area (Å²) in [7, 11) is 0. The van der Waals surface area contributed by atoms with E-state index in [1.807, 2.05) is 6.92 Å². The van der Waals surface area contributed by atoms with Crippen LogP contribution in [0.5, 0.6) is 5.75 Å². The highest BCUT2D eigenvalue weighted by atomic mass is 16.5. The average molecular weight is 215 g/mol. The highest BCUT2D eigenvalue weighted by Gasteiger charge is 2.13. The van der Waals surface area contributed by atoms with Crippen LogP contribution in [0, 0.1) is 11.8 Å². The molecule has 0 saturated heterocycles. The molecule has 1 aliphatic rings. The van der Waals surface area contributed by atoms with Gasteiger partial charge in [0.2, 0.25) is 0 Å². The maximum Gasteiger partial charge on any atom is 0.122 e. The second-order valence-electron chi connectivity index (χ2n) is 3.99. The van der Waals surface area contributed by atoms with Crippen molar-refractivity contribution in [3.8, 4) is 17.6 Å². The smallest absolute Gasteiger partial charge is 0.122 e. The molecular weight excluding hydrogens is 198 g/mol. The van der Waals surface area contributed by atoms with E-state index in [1.165, 1.54) is 11.1 Å². The second-order valence-corrected chi connectivity index (χ2v) is 3.99. The highest BCUT2D eigenvalue weighted by Crippen LogP contribution is 2.27. The zero-order chi connectivity index (χ0) is 11.4. The topological polar surface area (TPSA) is 21.3 Å². The summed E-state index contributed by atoms with van der Waals surface area (Å²) in [6.45, 7) is 5.58. The Morgan fingerprint density at radius 2 is 2.38 bits per heavy atom. The maximum absolute atomic E-state index is 5.49. The van der Waals surface area contributed by atoms with Gasteiger partial charge in [-0.25, -0.2) is 0 Å². The third-order valence-electron chi connectivity index (χ3n) is 2.89. The Labute approximate surface area is 97.0 Å². The molecule has 0 fully saturated rings. The molecule has 0 aromatic heterocycles. The van der Waals surface area contributed by atoms with E-state index in [4.69, 9.17) is 4.74 Å². The summed E-state index contributed by atoms with van der Waals surface area (Å²) in [6.07, 6.45) is 1.03. The Kier molecular flexibility index (Phi) is 3.48. The van der Waals surface area contributed by atoms with Crippen molar-refractivity contribution in [2.24, 2.45) is 0 Å². The molecule has 2 heteroatoms. The van der Waals surface area contributed by atoms with Crippen LogP contribution in [0.1, 0.15) is 31.0 Å². The predicted octanol–water partition coefficient (Wildman–Crippen LogP) is 2.30. The van der Waals surface area contributed by atoms with Crippen LogP contribution in [0.4, 0.5) is 0 Å². The summed E-state index contributed by atoms with van der Waals surface area (Å²) >= 11 is 0. The van der Waals surface area contributed by atoms with Crippen molar-refractivity contribution >= 4 is 0 Å². The first kappa shape index (κ1) is 11.0. The van der Waals surface area contributed by atoms with Gasteiger partial charge >= 0.3 is 0 Å². The number of rotatable bonds is 3. The van der Waals surface area contributed by atoms with Gasteiger partial charge in [-0.3, -0.25) is 5.32 Å². The van der Waals surface area contributed by atoms with E-state index in [1.54, 1.807) is 0 Å². The van der Waals surface area contributed by atoms with E-state index in [9.17, 15) is 0 Å². The SMILES string of the molecule is CC#CCNC(C)c1ccc2c(c1)CCO2. The molecule has 2 nitrogen and oxygen atoms in total. The van der Waals surface area contributed by atoms with Gasteiger partial charge in [0.1, 0.15) is 5.75 Å². The minimum atomic E-state index is 0.340. The number of fused-ring (bicyclic) bond motifs is 1. The molecule has 0 amide bonds. The molecule has 1 heterocycles. The number of benzene rings is 1. The molecule has 0 radical (unpaired) electrons. The first-order valence-corrected chi connectivity index (χ1v) is 5.70. The van der Waals surface area contributed by atoms with Crippen LogP contribution in [0.15, 0.2) is 18.2 Å². The van der Waals surface area contributed by atoms with Crippen molar-refractivity contribution in [2.45, 2.75) is 26.3 Å². The number of hydrogen-bond donors (Lipinski definition) is 1. The molecule has 2 rings (SSSR count). The van der Waals surface area contributed by atoms with E-state index >= 15 is 0 Å². The zero-order valence-electron chi connectivity index (χ0n) is 9.84. The van der Waals surface area contributed by atoms with E-state index < -0.39 is 0 Å². The lowest BCUT2D eigenvalue weighted by Crippen LogP contribution is -2.18. The predicted molar refractivity (Wildman–Crippen MR) is 65.5 cm³/mol. The van der Waals surface area contributed by atoms with E-state index in [-0.39, 0.29) is 0 Å².